The van der Waals surface area contributed by atoms with E-state index in [0.29, 0.717) is 20.0 Å². The zero-order chi connectivity index (χ0) is 15.9. The van der Waals surface area contributed by atoms with Crippen LogP contribution in [0.4, 0.5) is 0 Å². The van der Waals surface area contributed by atoms with Crippen LogP contribution in [0.15, 0.2) is 18.2 Å². The molecule has 122 valence electrons. The molecular weight excluding hydrogens is 295 g/mol. The standard InChI is InChI=1S/C18H27O3P/c1-4-5-13(2)21-18-12-15(8-11-17(18)20-3)14-6-9-16(22-19)10-7-14/h8,11-14,16H,4-7,9-10H2,1-3H3. The summed E-state index contributed by atoms with van der Waals surface area (Å²) in [6.07, 6.45) is 6.66. The lowest BCUT2D eigenvalue weighted by atomic mass is 9.84. The van der Waals surface area contributed by atoms with Gasteiger partial charge in [-0.25, -0.2) is 0 Å². The van der Waals surface area contributed by atoms with Crippen molar-refractivity contribution in [3.8, 4) is 11.5 Å². The maximum atomic E-state index is 11.0. The molecule has 22 heavy (non-hydrogen) atoms. The monoisotopic (exact) mass is 322 g/mol. The minimum Gasteiger partial charge on any atom is -0.493 e. The van der Waals surface area contributed by atoms with Crippen molar-refractivity contribution in [2.45, 2.75) is 70.1 Å². The van der Waals surface area contributed by atoms with E-state index in [1.165, 1.54) is 5.56 Å². The topological polar surface area (TPSA) is 35.5 Å². The maximum absolute atomic E-state index is 11.0. The van der Waals surface area contributed by atoms with Gasteiger partial charge in [-0.15, -0.1) is 0 Å². The highest BCUT2D eigenvalue weighted by atomic mass is 31.1. The van der Waals surface area contributed by atoms with E-state index in [2.05, 4.69) is 26.0 Å². The third kappa shape index (κ3) is 4.46. The summed E-state index contributed by atoms with van der Waals surface area (Å²) in [5.41, 5.74) is 1.68. The van der Waals surface area contributed by atoms with Crippen molar-refractivity contribution in [3.63, 3.8) is 0 Å². The second-order valence-corrected chi connectivity index (χ2v) is 7.18. The summed E-state index contributed by atoms with van der Waals surface area (Å²) in [6, 6.07) is 6.31. The van der Waals surface area contributed by atoms with Gasteiger partial charge in [0.15, 0.2) is 20.0 Å². The molecule has 0 saturated heterocycles. The molecule has 0 spiro atoms. The van der Waals surface area contributed by atoms with Gasteiger partial charge in [0.05, 0.1) is 13.2 Å². The fourth-order valence-corrected chi connectivity index (χ4v) is 3.75. The van der Waals surface area contributed by atoms with E-state index in [0.717, 1.165) is 50.0 Å². The van der Waals surface area contributed by atoms with Gasteiger partial charge < -0.3 is 9.47 Å². The Hall–Kier alpha value is -1.08. The first-order valence-electron chi connectivity index (χ1n) is 8.35. The van der Waals surface area contributed by atoms with E-state index in [4.69, 9.17) is 9.47 Å². The van der Waals surface area contributed by atoms with Crippen molar-refractivity contribution in [1.29, 1.82) is 0 Å². The third-order valence-electron chi connectivity index (χ3n) is 4.53. The van der Waals surface area contributed by atoms with Gasteiger partial charge in [-0.1, -0.05) is 19.4 Å². The molecule has 0 aromatic heterocycles. The lowest BCUT2D eigenvalue weighted by Gasteiger charge is -2.26. The van der Waals surface area contributed by atoms with E-state index in [1.807, 2.05) is 6.07 Å². The second-order valence-electron chi connectivity index (χ2n) is 6.24. The summed E-state index contributed by atoms with van der Waals surface area (Å²) < 4.78 is 22.5. The van der Waals surface area contributed by atoms with E-state index in [-0.39, 0.29) is 6.10 Å². The molecule has 0 N–H and O–H groups in total. The Morgan fingerprint density at radius 1 is 1.23 bits per heavy atom. The molecule has 1 aromatic carbocycles. The molecule has 1 saturated carbocycles. The van der Waals surface area contributed by atoms with Crippen molar-refractivity contribution in [2.75, 3.05) is 7.11 Å². The molecule has 1 aliphatic carbocycles. The summed E-state index contributed by atoms with van der Waals surface area (Å²) in [5, 5.41) is 0. The van der Waals surface area contributed by atoms with Crippen molar-refractivity contribution in [1.82, 2.24) is 0 Å². The minimum absolute atomic E-state index is 0.198. The maximum Gasteiger partial charge on any atom is 0.161 e. The van der Waals surface area contributed by atoms with Gasteiger partial charge in [0.25, 0.3) is 0 Å². The SMILES string of the molecule is CCCC(C)Oc1cc(C2CCC(P=O)CC2)ccc1OC. The molecule has 0 bridgehead atoms. The predicted molar refractivity (Wildman–Crippen MR) is 90.6 cm³/mol. The number of hydrogen-bond donors (Lipinski definition) is 0. The molecule has 0 heterocycles. The molecule has 3 nitrogen and oxygen atoms in total. The summed E-state index contributed by atoms with van der Waals surface area (Å²) in [4.78, 5) is 0. The Labute approximate surface area is 135 Å². The van der Waals surface area contributed by atoms with Crippen molar-refractivity contribution >= 4 is 8.46 Å². The molecule has 1 unspecified atom stereocenters. The number of ether oxygens (including phenoxy) is 2. The van der Waals surface area contributed by atoms with Gasteiger partial charge >= 0.3 is 0 Å². The number of hydrogen-bond acceptors (Lipinski definition) is 3. The molecule has 1 atom stereocenters. The first-order valence-corrected chi connectivity index (χ1v) is 9.23. The average molecular weight is 322 g/mol. The van der Waals surface area contributed by atoms with E-state index in [1.54, 1.807) is 7.11 Å². The predicted octanol–water partition coefficient (Wildman–Crippen LogP) is 5.58. The Balaban J connectivity index is 2.11. The normalized spacial score (nSPS) is 23.2. The highest BCUT2D eigenvalue weighted by Gasteiger charge is 2.23. The molecule has 2 rings (SSSR count). The number of rotatable bonds is 7. The summed E-state index contributed by atoms with van der Waals surface area (Å²) in [7, 11) is 2.00. The Bertz CT molecular complexity index is 481. The van der Waals surface area contributed by atoms with Crippen molar-refractivity contribution < 1.29 is 14.0 Å². The van der Waals surface area contributed by atoms with Crippen molar-refractivity contribution in [3.05, 3.63) is 23.8 Å². The largest absolute Gasteiger partial charge is 0.493 e. The van der Waals surface area contributed by atoms with E-state index >= 15 is 0 Å². The van der Waals surface area contributed by atoms with E-state index < -0.39 is 0 Å². The van der Waals surface area contributed by atoms with Gasteiger partial charge in [-0.2, -0.15) is 0 Å². The summed E-state index contributed by atoms with van der Waals surface area (Å²) >= 11 is 0. The van der Waals surface area contributed by atoms with Crippen LogP contribution in [0.2, 0.25) is 0 Å². The highest BCUT2D eigenvalue weighted by Crippen LogP contribution is 2.40. The number of methoxy groups -OCH3 is 1. The van der Waals surface area contributed by atoms with Gasteiger partial charge in [0.1, 0.15) is 0 Å². The Kier molecular flexibility index (Phi) is 6.70. The molecule has 1 aromatic rings. The first kappa shape index (κ1) is 17.3. The Morgan fingerprint density at radius 2 is 1.95 bits per heavy atom. The zero-order valence-electron chi connectivity index (χ0n) is 13.9. The van der Waals surface area contributed by atoms with Gasteiger partial charge in [0.2, 0.25) is 0 Å². The average Bonchev–Trinajstić information content (AvgIpc) is 2.55. The summed E-state index contributed by atoms with van der Waals surface area (Å²) in [6.45, 7) is 4.27. The molecule has 4 heteroatoms. The molecule has 0 amide bonds. The van der Waals surface area contributed by atoms with Crippen LogP contribution in [0.25, 0.3) is 0 Å². The van der Waals surface area contributed by atoms with Crippen LogP contribution >= 0.6 is 8.46 Å². The molecule has 0 aliphatic heterocycles. The smallest absolute Gasteiger partial charge is 0.161 e. The van der Waals surface area contributed by atoms with E-state index in [9.17, 15) is 4.57 Å². The van der Waals surface area contributed by atoms with Gasteiger partial charge in [-0.05, 0) is 62.6 Å². The van der Waals surface area contributed by atoms with Crippen LogP contribution in [0, 0.1) is 0 Å². The van der Waals surface area contributed by atoms with Crippen LogP contribution in [0.3, 0.4) is 0 Å². The zero-order valence-corrected chi connectivity index (χ0v) is 14.8. The second kappa shape index (κ2) is 8.53. The quantitative estimate of drug-likeness (QED) is 0.615. The van der Waals surface area contributed by atoms with Gasteiger partial charge in [0, 0.05) is 5.66 Å². The van der Waals surface area contributed by atoms with Crippen LogP contribution < -0.4 is 9.47 Å². The molecule has 1 fully saturated rings. The van der Waals surface area contributed by atoms with Crippen LogP contribution in [0.1, 0.15) is 63.9 Å². The molecule has 1 aliphatic rings. The van der Waals surface area contributed by atoms with Crippen molar-refractivity contribution in [2.24, 2.45) is 0 Å². The fraction of sp³-hybridized carbons (Fsp3) is 0.667. The molecule has 0 radical (unpaired) electrons. The Morgan fingerprint density at radius 3 is 2.55 bits per heavy atom. The first-order chi connectivity index (χ1) is 10.7. The van der Waals surface area contributed by atoms with Crippen LogP contribution in [-0.4, -0.2) is 18.9 Å². The van der Waals surface area contributed by atoms with Crippen LogP contribution in [-0.2, 0) is 4.57 Å². The fourth-order valence-electron chi connectivity index (χ4n) is 3.24. The number of benzene rings is 1. The van der Waals surface area contributed by atoms with Crippen LogP contribution in [0.5, 0.6) is 11.5 Å². The lowest BCUT2D eigenvalue weighted by molar-refractivity contribution is 0.200. The molecular formula is C18H27O3P. The van der Waals surface area contributed by atoms with Gasteiger partial charge in [-0.3, -0.25) is 4.57 Å². The highest BCUT2D eigenvalue weighted by molar-refractivity contribution is 7.24. The summed E-state index contributed by atoms with van der Waals surface area (Å²) in [5.74, 6) is 2.20. The third-order valence-corrected chi connectivity index (χ3v) is 5.34. The lowest BCUT2D eigenvalue weighted by Crippen LogP contribution is -2.14. The minimum atomic E-state index is 0.198.